The molecule has 0 fully saturated rings. The maximum atomic E-state index is 12.1. The van der Waals surface area contributed by atoms with E-state index in [4.69, 9.17) is 9.47 Å². The summed E-state index contributed by atoms with van der Waals surface area (Å²) in [5.74, 6) is -1.52. The summed E-state index contributed by atoms with van der Waals surface area (Å²) in [6.07, 6.45) is 0.121. The second-order valence-electron chi connectivity index (χ2n) is 7.21. The third kappa shape index (κ3) is 7.33. The molecule has 0 aliphatic heterocycles. The molecule has 0 saturated heterocycles. The Balaban J connectivity index is 1.74. The van der Waals surface area contributed by atoms with Gasteiger partial charge in [0.1, 0.15) is 0 Å². The minimum atomic E-state index is -0.610. The molecule has 0 aliphatic carbocycles. The summed E-state index contributed by atoms with van der Waals surface area (Å²) in [6, 6.07) is 12.4. The fourth-order valence-electron chi connectivity index (χ4n) is 2.53. The maximum Gasteiger partial charge on any atom is 0.338 e. The van der Waals surface area contributed by atoms with E-state index in [0.717, 1.165) is 16.7 Å². The molecule has 2 rings (SSSR count). The van der Waals surface area contributed by atoms with E-state index in [9.17, 15) is 14.4 Å². The summed E-state index contributed by atoms with van der Waals surface area (Å²) in [5, 5.41) is 5.18. The van der Waals surface area contributed by atoms with Crippen molar-refractivity contribution in [1.29, 1.82) is 0 Å². The molecule has 2 amide bonds. The summed E-state index contributed by atoms with van der Waals surface area (Å²) in [6.45, 7) is 7.54. The first-order chi connectivity index (χ1) is 14.3. The van der Waals surface area contributed by atoms with E-state index in [1.807, 2.05) is 39.8 Å². The number of esters is 1. The third-order valence-corrected chi connectivity index (χ3v) is 4.43. The van der Waals surface area contributed by atoms with Crippen LogP contribution in [0, 0.1) is 13.8 Å². The van der Waals surface area contributed by atoms with Crippen LogP contribution in [0.15, 0.2) is 42.5 Å². The van der Waals surface area contributed by atoms with Crippen molar-refractivity contribution in [3.8, 4) is 0 Å². The second-order valence-corrected chi connectivity index (χ2v) is 7.21. The van der Waals surface area contributed by atoms with E-state index in [1.165, 1.54) is 0 Å². The molecule has 2 aromatic carbocycles. The largest absolute Gasteiger partial charge is 0.452 e. The molecular weight excluding hydrogens is 384 g/mol. The molecule has 0 saturated carbocycles. The number of ether oxygens (including phenoxy) is 2. The average Bonchev–Trinajstić information content (AvgIpc) is 2.72. The molecular formula is C23H28N2O5. The summed E-state index contributed by atoms with van der Waals surface area (Å²) >= 11 is 0. The SMILES string of the molecule is Cc1cccc(NC(=O)CNC(=O)COC(=O)c2ccc(COC(C)C)cc2)c1C. The summed E-state index contributed by atoms with van der Waals surface area (Å²) in [4.78, 5) is 36.0. The van der Waals surface area contributed by atoms with Crippen LogP contribution in [0.4, 0.5) is 5.69 Å². The first-order valence-electron chi connectivity index (χ1n) is 9.76. The van der Waals surface area contributed by atoms with Crippen LogP contribution >= 0.6 is 0 Å². The highest BCUT2D eigenvalue weighted by molar-refractivity contribution is 5.96. The highest BCUT2D eigenvalue weighted by atomic mass is 16.5. The number of carbonyl (C=O) groups excluding carboxylic acids is 3. The predicted molar refractivity (Wildman–Crippen MR) is 114 cm³/mol. The Morgan fingerprint density at radius 3 is 2.33 bits per heavy atom. The Morgan fingerprint density at radius 1 is 0.967 bits per heavy atom. The van der Waals surface area contributed by atoms with Crippen molar-refractivity contribution < 1.29 is 23.9 Å². The fraction of sp³-hybridized carbons (Fsp3) is 0.348. The Morgan fingerprint density at radius 2 is 1.67 bits per heavy atom. The van der Waals surface area contributed by atoms with E-state index in [2.05, 4.69) is 10.6 Å². The van der Waals surface area contributed by atoms with E-state index < -0.39 is 18.5 Å². The van der Waals surface area contributed by atoms with Gasteiger partial charge in [0.15, 0.2) is 6.61 Å². The highest BCUT2D eigenvalue weighted by Crippen LogP contribution is 2.17. The van der Waals surface area contributed by atoms with Crippen molar-refractivity contribution in [2.45, 2.75) is 40.4 Å². The van der Waals surface area contributed by atoms with Crippen LogP contribution in [0.5, 0.6) is 0 Å². The molecule has 0 aromatic heterocycles. The number of hydrogen-bond donors (Lipinski definition) is 2. The van der Waals surface area contributed by atoms with Crippen LogP contribution in [-0.4, -0.2) is 37.0 Å². The van der Waals surface area contributed by atoms with Crippen molar-refractivity contribution >= 4 is 23.5 Å². The second kappa shape index (κ2) is 11.1. The third-order valence-electron chi connectivity index (χ3n) is 4.43. The minimum absolute atomic E-state index is 0.121. The van der Waals surface area contributed by atoms with Gasteiger partial charge >= 0.3 is 5.97 Å². The molecule has 30 heavy (non-hydrogen) atoms. The number of benzene rings is 2. The standard InChI is InChI=1S/C23H28N2O5/c1-15(2)29-13-18-8-10-19(11-9-18)23(28)30-14-22(27)24-12-21(26)25-20-7-5-6-16(3)17(20)4/h5-11,15H,12-14H2,1-4H3,(H,24,27)(H,25,26). The molecule has 0 radical (unpaired) electrons. The predicted octanol–water partition coefficient (Wildman–Crippen LogP) is 3.14. The zero-order valence-corrected chi connectivity index (χ0v) is 17.8. The zero-order chi connectivity index (χ0) is 22.1. The number of amides is 2. The molecule has 0 spiro atoms. The number of aryl methyl sites for hydroxylation is 1. The number of anilines is 1. The van der Waals surface area contributed by atoms with Gasteiger partial charge in [0.05, 0.1) is 24.8 Å². The van der Waals surface area contributed by atoms with Gasteiger partial charge in [-0.15, -0.1) is 0 Å². The van der Waals surface area contributed by atoms with Crippen LogP contribution < -0.4 is 10.6 Å². The Hall–Kier alpha value is -3.19. The molecule has 0 bridgehead atoms. The van der Waals surface area contributed by atoms with Gasteiger partial charge in [0, 0.05) is 5.69 Å². The van der Waals surface area contributed by atoms with E-state index in [1.54, 1.807) is 30.3 Å². The molecule has 0 heterocycles. The first-order valence-corrected chi connectivity index (χ1v) is 9.76. The van der Waals surface area contributed by atoms with E-state index >= 15 is 0 Å². The summed E-state index contributed by atoms with van der Waals surface area (Å²) < 4.78 is 10.5. The van der Waals surface area contributed by atoms with Crippen LogP contribution in [0.25, 0.3) is 0 Å². The smallest absolute Gasteiger partial charge is 0.338 e. The van der Waals surface area contributed by atoms with Gasteiger partial charge in [0.25, 0.3) is 5.91 Å². The maximum absolute atomic E-state index is 12.1. The van der Waals surface area contributed by atoms with Crippen molar-refractivity contribution in [1.82, 2.24) is 5.32 Å². The Labute approximate surface area is 176 Å². The van der Waals surface area contributed by atoms with Gasteiger partial charge in [-0.05, 0) is 62.6 Å². The molecule has 7 nitrogen and oxygen atoms in total. The Kier molecular flexibility index (Phi) is 8.55. The molecule has 2 N–H and O–H groups in total. The van der Waals surface area contributed by atoms with E-state index in [0.29, 0.717) is 17.9 Å². The number of nitrogens with one attached hydrogen (secondary N) is 2. The summed E-state index contributed by atoms with van der Waals surface area (Å²) in [5.41, 5.74) is 4.00. The van der Waals surface area contributed by atoms with Gasteiger partial charge in [-0.3, -0.25) is 9.59 Å². The molecule has 0 aliphatic rings. The molecule has 0 atom stereocenters. The molecule has 160 valence electrons. The quantitative estimate of drug-likeness (QED) is 0.617. The number of rotatable bonds is 9. The van der Waals surface area contributed by atoms with Gasteiger partial charge in [0.2, 0.25) is 5.91 Å². The van der Waals surface area contributed by atoms with Gasteiger partial charge in [-0.25, -0.2) is 4.79 Å². The lowest BCUT2D eigenvalue weighted by atomic mass is 10.1. The van der Waals surface area contributed by atoms with Gasteiger partial charge < -0.3 is 20.1 Å². The number of hydrogen-bond acceptors (Lipinski definition) is 5. The van der Waals surface area contributed by atoms with Gasteiger partial charge in [-0.1, -0.05) is 24.3 Å². The monoisotopic (exact) mass is 412 g/mol. The van der Waals surface area contributed by atoms with Crippen molar-refractivity contribution in [2.75, 3.05) is 18.5 Å². The van der Waals surface area contributed by atoms with Crippen LogP contribution in [0.1, 0.15) is 40.9 Å². The van der Waals surface area contributed by atoms with Crippen LogP contribution in [-0.2, 0) is 25.7 Å². The van der Waals surface area contributed by atoms with Crippen molar-refractivity contribution in [3.63, 3.8) is 0 Å². The lowest BCUT2D eigenvalue weighted by molar-refractivity contribution is -0.126. The fourth-order valence-corrected chi connectivity index (χ4v) is 2.53. The van der Waals surface area contributed by atoms with E-state index in [-0.39, 0.29) is 18.6 Å². The minimum Gasteiger partial charge on any atom is -0.452 e. The van der Waals surface area contributed by atoms with Crippen LogP contribution in [0.3, 0.4) is 0 Å². The molecule has 2 aromatic rings. The zero-order valence-electron chi connectivity index (χ0n) is 17.8. The van der Waals surface area contributed by atoms with Crippen molar-refractivity contribution in [3.05, 3.63) is 64.7 Å². The van der Waals surface area contributed by atoms with Crippen molar-refractivity contribution in [2.24, 2.45) is 0 Å². The normalized spacial score (nSPS) is 10.6. The molecule has 7 heteroatoms. The lowest BCUT2D eigenvalue weighted by Gasteiger charge is -2.11. The average molecular weight is 412 g/mol. The molecule has 0 unspecified atom stereocenters. The number of carbonyl (C=O) groups is 3. The lowest BCUT2D eigenvalue weighted by Crippen LogP contribution is -2.35. The highest BCUT2D eigenvalue weighted by Gasteiger charge is 2.12. The van der Waals surface area contributed by atoms with Crippen LogP contribution in [0.2, 0.25) is 0 Å². The Bertz CT molecular complexity index is 891. The summed E-state index contributed by atoms with van der Waals surface area (Å²) in [7, 11) is 0. The first kappa shape index (κ1) is 23.1. The topological polar surface area (TPSA) is 93.7 Å². The van der Waals surface area contributed by atoms with Gasteiger partial charge in [-0.2, -0.15) is 0 Å².